The van der Waals surface area contributed by atoms with Crippen LogP contribution in [0.25, 0.3) is 0 Å². The van der Waals surface area contributed by atoms with Gasteiger partial charge in [-0.15, -0.1) is 0 Å². The number of carbonyl (C=O) groups is 1. The van der Waals surface area contributed by atoms with Gasteiger partial charge in [0.1, 0.15) is 11.5 Å². The number of aromatic nitrogens is 3. The molecule has 0 radical (unpaired) electrons. The van der Waals surface area contributed by atoms with Crippen molar-refractivity contribution in [1.82, 2.24) is 20.1 Å². The van der Waals surface area contributed by atoms with Gasteiger partial charge in [-0.3, -0.25) is 9.48 Å². The van der Waals surface area contributed by atoms with Crippen LogP contribution in [0.15, 0.2) is 24.5 Å². The molecule has 0 aliphatic carbocycles. The molecule has 1 saturated heterocycles. The van der Waals surface area contributed by atoms with Gasteiger partial charge in [0.25, 0.3) is 5.91 Å². The van der Waals surface area contributed by atoms with Crippen LogP contribution in [-0.4, -0.2) is 39.8 Å². The monoisotopic (exact) mass is 387 g/mol. The Hall–Kier alpha value is -2.29. The highest BCUT2D eigenvalue weighted by Gasteiger charge is 2.32. The minimum atomic E-state index is -4.47. The summed E-state index contributed by atoms with van der Waals surface area (Å²) in [6.07, 6.45) is -0.723. The number of piperidine rings is 1. The second-order valence-corrected chi connectivity index (χ2v) is 6.54. The number of alkyl halides is 3. The summed E-state index contributed by atoms with van der Waals surface area (Å²) in [5.74, 6) is 0.0870. The van der Waals surface area contributed by atoms with Crippen LogP contribution in [0.2, 0.25) is 5.02 Å². The Labute approximate surface area is 153 Å². The first-order chi connectivity index (χ1) is 12.2. The third-order valence-corrected chi connectivity index (χ3v) is 4.50. The van der Waals surface area contributed by atoms with Crippen molar-refractivity contribution in [3.05, 3.63) is 40.8 Å². The average molecular weight is 388 g/mol. The van der Waals surface area contributed by atoms with Gasteiger partial charge in [-0.25, -0.2) is 4.98 Å². The Morgan fingerprint density at radius 3 is 2.58 bits per heavy atom. The molecule has 1 fully saturated rings. The number of aryl methyl sites for hydroxylation is 1. The molecule has 1 aliphatic rings. The van der Waals surface area contributed by atoms with Gasteiger partial charge in [-0.2, -0.15) is 18.3 Å². The molecule has 6 nitrogen and oxygen atoms in total. The van der Waals surface area contributed by atoms with Crippen LogP contribution in [0.5, 0.6) is 0 Å². The van der Waals surface area contributed by atoms with Gasteiger partial charge in [-0.1, -0.05) is 11.6 Å². The summed E-state index contributed by atoms with van der Waals surface area (Å²) in [7, 11) is 1.73. The first-order valence-corrected chi connectivity index (χ1v) is 8.40. The number of nitrogens with zero attached hydrogens (tertiary/aromatic N) is 4. The van der Waals surface area contributed by atoms with Crippen molar-refractivity contribution in [3.8, 4) is 0 Å². The maximum Gasteiger partial charge on any atom is 0.417 e. The number of nitrogens with one attached hydrogen (secondary N) is 1. The number of rotatable bonds is 3. The zero-order valence-electron chi connectivity index (χ0n) is 13.9. The summed E-state index contributed by atoms with van der Waals surface area (Å²) in [6.45, 7) is 1.07. The number of pyridine rings is 1. The van der Waals surface area contributed by atoms with Crippen LogP contribution in [-0.2, 0) is 13.2 Å². The smallest absolute Gasteiger partial charge is 0.355 e. The molecular weight excluding hydrogens is 371 g/mol. The van der Waals surface area contributed by atoms with Crippen molar-refractivity contribution in [1.29, 1.82) is 0 Å². The van der Waals surface area contributed by atoms with Crippen LogP contribution in [0, 0.1) is 0 Å². The zero-order valence-corrected chi connectivity index (χ0v) is 14.7. The molecule has 1 N–H and O–H groups in total. The van der Waals surface area contributed by atoms with Gasteiger partial charge >= 0.3 is 6.18 Å². The Morgan fingerprint density at radius 1 is 1.35 bits per heavy atom. The largest absolute Gasteiger partial charge is 0.417 e. The van der Waals surface area contributed by atoms with Crippen molar-refractivity contribution < 1.29 is 18.0 Å². The number of hydrogen-bond acceptors (Lipinski definition) is 4. The summed E-state index contributed by atoms with van der Waals surface area (Å²) < 4.78 is 39.6. The summed E-state index contributed by atoms with van der Waals surface area (Å²) >= 11 is 5.99. The summed E-state index contributed by atoms with van der Waals surface area (Å²) in [6, 6.07) is 2.49. The Balaban J connectivity index is 1.59. The minimum Gasteiger partial charge on any atom is -0.355 e. The van der Waals surface area contributed by atoms with E-state index in [4.69, 9.17) is 11.6 Å². The topological polar surface area (TPSA) is 63.1 Å². The lowest BCUT2D eigenvalue weighted by atomic mass is 10.0. The summed E-state index contributed by atoms with van der Waals surface area (Å²) in [5, 5.41) is 6.94. The van der Waals surface area contributed by atoms with Crippen LogP contribution in [0.4, 0.5) is 19.0 Å². The number of halogens is 4. The maximum absolute atomic E-state index is 12.7. The van der Waals surface area contributed by atoms with Gasteiger partial charge in [0, 0.05) is 38.6 Å². The average Bonchev–Trinajstić information content (AvgIpc) is 3.01. The predicted molar refractivity (Wildman–Crippen MR) is 90.2 cm³/mol. The lowest BCUT2D eigenvalue weighted by molar-refractivity contribution is -0.137. The Morgan fingerprint density at radius 2 is 2.04 bits per heavy atom. The fourth-order valence-corrected chi connectivity index (χ4v) is 3.14. The standard InChI is InChI=1S/C16H17ClF3N5O/c1-24-5-4-13(23-24)15(26)22-11-2-6-25(7-3-11)14-12(17)8-10(9-21-14)16(18,19)20/h4-5,8-9,11H,2-3,6-7H2,1H3,(H,22,26). The Kier molecular flexibility index (Phi) is 5.08. The van der Waals surface area contributed by atoms with E-state index in [-0.39, 0.29) is 17.0 Å². The fraction of sp³-hybridized carbons (Fsp3) is 0.438. The first kappa shape index (κ1) is 18.5. The van der Waals surface area contributed by atoms with Gasteiger partial charge < -0.3 is 10.2 Å². The van der Waals surface area contributed by atoms with E-state index in [1.165, 1.54) is 0 Å². The molecule has 0 atom stereocenters. The molecule has 26 heavy (non-hydrogen) atoms. The van der Waals surface area contributed by atoms with Crippen molar-refractivity contribution >= 4 is 23.3 Å². The van der Waals surface area contributed by atoms with Gasteiger partial charge in [-0.05, 0) is 25.0 Å². The number of amides is 1. The van der Waals surface area contributed by atoms with Crippen LogP contribution >= 0.6 is 11.6 Å². The molecule has 10 heteroatoms. The molecule has 0 unspecified atom stereocenters. The van der Waals surface area contributed by atoms with E-state index in [1.54, 1.807) is 24.0 Å². The van der Waals surface area contributed by atoms with Crippen LogP contribution in [0.3, 0.4) is 0 Å². The minimum absolute atomic E-state index is 0.0317. The van der Waals surface area contributed by atoms with Crippen molar-refractivity contribution in [3.63, 3.8) is 0 Å². The highest BCUT2D eigenvalue weighted by molar-refractivity contribution is 6.33. The van der Waals surface area contributed by atoms with Gasteiger partial charge in [0.2, 0.25) is 0 Å². The Bertz CT molecular complexity index is 799. The van der Waals surface area contributed by atoms with Crippen LogP contribution < -0.4 is 10.2 Å². The quantitative estimate of drug-likeness (QED) is 0.879. The third kappa shape index (κ3) is 4.09. The highest BCUT2D eigenvalue weighted by Crippen LogP contribution is 2.34. The van der Waals surface area contributed by atoms with Crippen LogP contribution in [0.1, 0.15) is 28.9 Å². The van der Waals surface area contributed by atoms with E-state index in [0.717, 1.165) is 12.3 Å². The molecule has 140 valence electrons. The second kappa shape index (κ2) is 7.14. The molecule has 1 amide bonds. The van der Waals surface area contributed by atoms with Crippen molar-refractivity contribution in [2.45, 2.75) is 25.1 Å². The molecule has 2 aromatic rings. The second-order valence-electron chi connectivity index (χ2n) is 6.14. The van der Waals surface area contributed by atoms with Crippen molar-refractivity contribution in [2.24, 2.45) is 7.05 Å². The molecule has 0 spiro atoms. The van der Waals surface area contributed by atoms with E-state index in [1.807, 2.05) is 4.90 Å². The van der Waals surface area contributed by atoms with Crippen molar-refractivity contribution in [2.75, 3.05) is 18.0 Å². The number of carbonyl (C=O) groups excluding carboxylic acids is 1. The normalized spacial score (nSPS) is 16.0. The lowest BCUT2D eigenvalue weighted by Gasteiger charge is -2.33. The molecule has 0 saturated carbocycles. The summed E-state index contributed by atoms with van der Waals surface area (Å²) in [4.78, 5) is 17.8. The van der Waals surface area contributed by atoms with Gasteiger partial charge in [0.05, 0.1) is 10.6 Å². The fourth-order valence-electron chi connectivity index (χ4n) is 2.85. The highest BCUT2D eigenvalue weighted by atomic mass is 35.5. The summed E-state index contributed by atoms with van der Waals surface area (Å²) in [5.41, 5.74) is -0.522. The lowest BCUT2D eigenvalue weighted by Crippen LogP contribution is -2.45. The van der Waals surface area contributed by atoms with E-state index < -0.39 is 11.7 Å². The molecule has 3 heterocycles. The predicted octanol–water partition coefficient (Wildman–Crippen LogP) is 2.89. The van der Waals surface area contributed by atoms with E-state index in [0.29, 0.717) is 37.4 Å². The zero-order chi connectivity index (χ0) is 18.9. The SMILES string of the molecule is Cn1ccc(C(=O)NC2CCN(c3ncc(C(F)(F)F)cc3Cl)CC2)n1. The molecule has 3 rings (SSSR count). The van der Waals surface area contributed by atoms with E-state index in [2.05, 4.69) is 15.4 Å². The molecule has 0 aromatic carbocycles. The molecular formula is C16H17ClF3N5O. The van der Waals surface area contributed by atoms with E-state index >= 15 is 0 Å². The molecule has 0 bridgehead atoms. The van der Waals surface area contributed by atoms with E-state index in [9.17, 15) is 18.0 Å². The number of hydrogen-bond donors (Lipinski definition) is 1. The number of anilines is 1. The maximum atomic E-state index is 12.7. The first-order valence-electron chi connectivity index (χ1n) is 8.02. The third-order valence-electron chi connectivity index (χ3n) is 4.23. The molecule has 1 aliphatic heterocycles. The van der Waals surface area contributed by atoms with Gasteiger partial charge in [0.15, 0.2) is 0 Å². The molecule has 2 aromatic heterocycles.